The fourth-order valence-corrected chi connectivity index (χ4v) is 11.9. The first-order valence-electron chi connectivity index (χ1n) is 35.7. The predicted octanol–water partition coefficient (Wildman–Crippen LogP) is 14.5. The molecule has 2 heterocycles. The van der Waals surface area contributed by atoms with Crippen molar-refractivity contribution in [2.24, 2.45) is 0 Å². The average Bonchev–Trinajstić information content (AvgIpc) is 3.69. The molecule has 14 nitrogen and oxygen atoms in total. The van der Waals surface area contributed by atoms with Crippen LogP contribution in [0.15, 0.2) is 36.5 Å². The predicted molar refractivity (Wildman–Crippen MR) is 346 cm³/mol. The van der Waals surface area contributed by atoms with Gasteiger partial charge in [0.15, 0.2) is 12.6 Å². The van der Waals surface area contributed by atoms with Crippen LogP contribution in [0.5, 0.6) is 0 Å². The fraction of sp³-hybridized carbons (Fsp3) is 0.901. The van der Waals surface area contributed by atoms with E-state index in [1.807, 2.05) is 6.08 Å². The molecule has 14 heteroatoms. The number of aliphatic hydroxyl groups excluding tert-OH is 8. The van der Waals surface area contributed by atoms with Crippen molar-refractivity contribution in [1.29, 1.82) is 0 Å². The van der Waals surface area contributed by atoms with Gasteiger partial charge in [-0.2, -0.15) is 0 Å². The fourth-order valence-electron chi connectivity index (χ4n) is 11.9. The van der Waals surface area contributed by atoms with Crippen LogP contribution in [0.25, 0.3) is 0 Å². The molecule has 12 unspecified atom stereocenters. The van der Waals surface area contributed by atoms with E-state index in [9.17, 15) is 45.6 Å². The molecule has 0 aromatic carbocycles. The Labute approximate surface area is 519 Å². The molecular formula is C71H133NO13. The molecule has 2 aliphatic rings. The molecule has 0 aromatic heterocycles. The molecule has 0 radical (unpaired) electrons. The Bertz CT molecular complexity index is 1560. The first kappa shape index (κ1) is 79.3. The van der Waals surface area contributed by atoms with Gasteiger partial charge in [0.25, 0.3) is 0 Å². The SMILES string of the molecule is CCCCCCCCCCCCCCC/C=C/CC/C=C/CC/C=C/C(O)C(COC1OC(CO)C(OC2OC(CO)C(O)C(O)C2O)C(O)C1O)NC(=O)CCCCCCCCCCCCCCCCCCCCCCCCCCCCCC. The lowest BCUT2D eigenvalue weighted by Crippen LogP contribution is -2.65. The van der Waals surface area contributed by atoms with Gasteiger partial charge in [-0.3, -0.25) is 4.79 Å². The van der Waals surface area contributed by atoms with Gasteiger partial charge in [-0.25, -0.2) is 0 Å². The minimum absolute atomic E-state index is 0.247. The summed E-state index contributed by atoms with van der Waals surface area (Å²) >= 11 is 0. The number of ether oxygens (including phenoxy) is 4. The number of carbonyl (C=O) groups is 1. The monoisotopic (exact) mass is 1210 g/mol. The molecule has 9 N–H and O–H groups in total. The number of rotatable bonds is 59. The van der Waals surface area contributed by atoms with Crippen LogP contribution in [0, 0.1) is 0 Å². The van der Waals surface area contributed by atoms with Crippen molar-refractivity contribution in [3.05, 3.63) is 36.5 Å². The lowest BCUT2D eigenvalue weighted by atomic mass is 9.97. The van der Waals surface area contributed by atoms with E-state index in [0.717, 1.165) is 44.9 Å². The minimum atomic E-state index is -1.79. The number of allylic oxidation sites excluding steroid dienone is 5. The Morgan fingerprint density at radius 1 is 0.412 bits per heavy atom. The van der Waals surface area contributed by atoms with Crippen LogP contribution < -0.4 is 5.32 Å². The Morgan fingerprint density at radius 3 is 1.15 bits per heavy atom. The van der Waals surface area contributed by atoms with Crippen molar-refractivity contribution >= 4 is 5.91 Å². The van der Waals surface area contributed by atoms with Gasteiger partial charge in [0.1, 0.15) is 48.8 Å². The van der Waals surface area contributed by atoms with E-state index in [4.69, 9.17) is 18.9 Å². The molecule has 0 bridgehead atoms. The maximum Gasteiger partial charge on any atom is 0.220 e. The van der Waals surface area contributed by atoms with Crippen molar-refractivity contribution in [3.63, 3.8) is 0 Å². The van der Waals surface area contributed by atoms with E-state index < -0.39 is 86.8 Å². The molecule has 12 atom stereocenters. The van der Waals surface area contributed by atoms with Crippen LogP contribution in [-0.2, 0) is 23.7 Å². The Morgan fingerprint density at radius 2 is 0.753 bits per heavy atom. The Kier molecular flexibility index (Phi) is 52.4. The largest absolute Gasteiger partial charge is 0.394 e. The zero-order valence-electron chi connectivity index (χ0n) is 54.4. The van der Waals surface area contributed by atoms with Crippen LogP contribution in [-0.4, -0.2) is 140 Å². The first-order valence-corrected chi connectivity index (χ1v) is 35.7. The van der Waals surface area contributed by atoms with Gasteiger partial charge in [-0.1, -0.05) is 301 Å². The van der Waals surface area contributed by atoms with Crippen LogP contribution >= 0.6 is 0 Å². The highest BCUT2D eigenvalue weighted by atomic mass is 16.7. The summed E-state index contributed by atoms with van der Waals surface area (Å²) < 4.78 is 22.8. The lowest BCUT2D eigenvalue weighted by Gasteiger charge is -2.46. The van der Waals surface area contributed by atoms with Crippen LogP contribution in [0.2, 0.25) is 0 Å². The first-order chi connectivity index (χ1) is 41.6. The van der Waals surface area contributed by atoms with E-state index >= 15 is 0 Å². The third kappa shape index (κ3) is 40.5. The average molecular weight is 1210 g/mol. The zero-order valence-corrected chi connectivity index (χ0v) is 54.4. The third-order valence-corrected chi connectivity index (χ3v) is 17.6. The summed E-state index contributed by atoms with van der Waals surface area (Å²) in [5, 5.41) is 87.4. The molecule has 2 fully saturated rings. The van der Waals surface area contributed by atoms with Crippen molar-refractivity contribution in [1.82, 2.24) is 5.32 Å². The van der Waals surface area contributed by atoms with E-state index in [2.05, 4.69) is 43.5 Å². The minimum Gasteiger partial charge on any atom is -0.394 e. The molecule has 1 amide bonds. The zero-order chi connectivity index (χ0) is 61.6. The normalized spacial score (nSPS) is 23.7. The Hall–Kier alpha value is -1.79. The maximum absolute atomic E-state index is 13.3. The van der Waals surface area contributed by atoms with Crippen molar-refractivity contribution < 1.29 is 64.6 Å². The van der Waals surface area contributed by atoms with Gasteiger partial charge in [0, 0.05) is 6.42 Å². The lowest BCUT2D eigenvalue weighted by molar-refractivity contribution is -0.359. The molecule has 0 spiro atoms. The molecule has 2 aliphatic heterocycles. The van der Waals surface area contributed by atoms with Gasteiger partial charge in [0.05, 0.1) is 32.0 Å². The number of hydrogen-bond acceptors (Lipinski definition) is 13. The van der Waals surface area contributed by atoms with E-state index in [1.54, 1.807) is 6.08 Å². The summed E-state index contributed by atoms with van der Waals surface area (Å²) in [6.45, 7) is 2.83. The summed E-state index contributed by atoms with van der Waals surface area (Å²) in [6.07, 6.45) is 55.0. The highest BCUT2D eigenvalue weighted by Gasteiger charge is 2.51. The number of carbonyl (C=O) groups excluding carboxylic acids is 1. The standard InChI is InChI=1S/C71H133NO13/c1-3-5-7-9-11-13-15-17-19-21-23-25-27-28-29-30-31-33-35-37-39-41-43-45-47-49-51-53-55-63(76)72-59(58-82-70-68(81)66(79)69(62(57-74)84-70)85-71-67(80)65(78)64(77)61(56-73)83-71)60(75)54-52-50-48-46-44-42-40-38-36-34-32-26-24-22-20-18-16-14-12-10-8-6-4-2/h36,38,44,46,52,54,59-62,64-71,73-75,77-81H,3-35,37,39-43,45,47-51,53,55-58H2,1-2H3,(H,72,76)/b38-36+,46-44+,54-52+. The number of aliphatic hydroxyl groups is 8. The van der Waals surface area contributed by atoms with Gasteiger partial charge in [-0.05, 0) is 44.9 Å². The van der Waals surface area contributed by atoms with Gasteiger partial charge in [-0.15, -0.1) is 0 Å². The summed E-state index contributed by atoms with van der Waals surface area (Å²) in [6, 6.07) is -0.937. The van der Waals surface area contributed by atoms with Crippen molar-refractivity contribution in [2.75, 3.05) is 19.8 Å². The van der Waals surface area contributed by atoms with Crippen LogP contribution in [0.3, 0.4) is 0 Å². The van der Waals surface area contributed by atoms with E-state index in [0.29, 0.717) is 12.8 Å². The topological polar surface area (TPSA) is 228 Å². The number of hydrogen-bond donors (Lipinski definition) is 9. The van der Waals surface area contributed by atoms with Gasteiger partial charge in [0.2, 0.25) is 5.91 Å². The maximum atomic E-state index is 13.3. The quantitative estimate of drug-likeness (QED) is 0.0204. The molecule has 0 aromatic rings. The smallest absolute Gasteiger partial charge is 0.220 e. The van der Waals surface area contributed by atoms with E-state index in [1.165, 1.54) is 238 Å². The molecule has 85 heavy (non-hydrogen) atoms. The molecule has 2 saturated heterocycles. The van der Waals surface area contributed by atoms with Gasteiger partial charge < -0.3 is 65.1 Å². The van der Waals surface area contributed by atoms with E-state index in [-0.39, 0.29) is 18.9 Å². The second kappa shape index (κ2) is 56.2. The number of nitrogens with one attached hydrogen (secondary N) is 1. The summed E-state index contributed by atoms with van der Waals surface area (Å²) in [4.78, 5) is 13.3. The second-order valence-corrected chi connectivity index (χ2v) is 25.4. The summed E-state index contributed by atoms with van der Waals surface area (Å²) in [7, 11) is 0. The highest BCUT2D eigenvalue weighted by Crippen LogP contribution is 2.30. The third-order valence-electron chi connectivity index (χ3n) is 17.6. The second-order valence-electron chi connectivity index (χ2n) is 25.4. The van der Waals surface area contributed by atoms with Crippen LogP contribution in [0.1, 0.15) is 316 Å². The summed E-state index contributed by atoms with van der Waals surface area (Å²) in [5.41, 5.74) is 0. The van der Waals surface area contributed by atoms with Gasteiger partial charge >= 0.3 is 0 Å². The molecule has 0 aliphatic carbocycles. The number of unbranched alkanes of at least 4 members (excludes halogenated alkanes) is 42. The molecule has 500 valence electrons. The number of amides is 1. The molecule has 2 rings (SSSR count). The molecule has 0 saturated carbocycles. The van der Waals surface area contributed by atoms with Crippen molar-refractivity contribution in [2.45, 2.75) is 389 Å². The summed E-state index contributed by atoms with van der Waals surface area (Å²) in [5.74, 6) is -0.247. The Balaban J connectivity index is 1.69. The highest BCUT2D eigenvalue weighted by molar-refractivity contribution is 5.76. The van der Waals surface area contributed by atoms with Crippen LogP contribution in [0.4, 0.5) is 0 Å². The van der Waals surface area contributed by atoms with Crippen molar-refractivity contribution in [3.8, 4) is 0 Å². The molecular weight excluding hydrogens is 1070 g/mol.